The van der Waals surface area contributed by atoms with Crippen LogP contribution in [0, 0.1) is 0 Å². The maximum atomic E-state index is 11.6. The summed E-state index contributed by atoms with van der Waals surface area (Å²) in [7, 11) is 0. The molecule has 0 fully saturated rings. The first-order valence-electron chi connectivity index (χ1n) is 6.49. The highest BCUT2D eigenvalue weighted by Crippen LogP contribution is 2.04. The fraction of sp³-hybridized carbons (Fsp3) is 0.0588. The number of carbonyl (C=O) groups excluding carboxylic acids is 2. The molecule has 0 atom stereocenters. The van der Waals surface area contributed by atoms with E-state index in [0.29, 0.717) is 5.69 Å². The monoisotopic (exact) mass is 281 g/mol. The average molecular weight is 281 g/mol. The maximum absolute atomic E-state index is 11.6. The fourth-order valence-electron chi connectivity index (χ4n) is 1.63. The molecule has 0 aliphatic heterocycles. The zero-order valence-electron chi connectivity index (χ0n) is 11.4. The summed E-state index contributed by atoms with van der Waals surface area (Å²) in [5.41, 5.74) is 1.56. The van der Waals surface area contributed by atoms with Crippen molar-refractivity contribution in [3.63, 3.8) is 0 Å². The summed E-state index contributed by atoms with van der Waals surface area (Å²) < 4.78 is 4.86. The minimum atomic E-state index is -0.554. The van der Waals surface area contributed by atoms with Gasteiger partial charge in [0.1, 0.15) is 0 Å². The van der Waals surface area contributed by atoms with Gasteiger partial charge < -0.3 is 10.1 Å². The van der Waals surface area contributed by atoms with Crippen molar-refractivity contribution in [3.05, 3.63) is 72.3 Å². The Labute approximate surface area is 123 Å². The Kier molecular flexibility index (Phi) is 5.29. The standard InChI is InChI=1S/C17H15NO3/c19-16(18-15-9-5-2-6-10-15)13-21-17(20)12-11-14-7-3-1-4-8-14/h1-12H,13H2,(H,18,19)/b12-11+. The minimum absolute atomic E-state index is 0.313. The number of nitrogens with one attached hydrogen (secondary N) is 1. The molecule has 0 saturated carbocycles. The van der Waals surface area contributed by atoms with E-state index in [1.807, 2.05) is 48.5 Å². The summed E-state index contributed by atoms with van der Waals surface area (Å²) in [6.45, 7) is -0.313. The van der Waals surface area contributed by atoms with Crippen LogP contribution in [0.3, 0.4) is 0 Å². The van der Waals surface area contributed by atoms with Crippen molar-refractivity contribution < 1.29 is 14.3 Å². The lowest BCUT2D eigenvalue weighted by molar-refractivity contribution is -0.142. The van der Waals surface area contributed by atoms with E-state index in [4.69, 9.17) is 4.74 Å². The van der Waals surface area contributed by atoms with Crippen molar-refractivity contribution in [2.24, 2.45) is 0 Å². The van der Waals surface area contributed by atoms with Crippen molar-refractivity contribution in [1.82, 2.24) is 0 Å². The Balaban J connectivity index is 1.76. The van der Waals surface area contributed by atoms with Crippen LogP contribution in [0.1, 0.15) is 5.56 Å². The second-order valence-electron chi connectivity index (χ2n) is 4.27. The Hall–Kier alpha value is -2.88. The normalized spacial score (nSPS) is 10.3. The second kappa shape index (κ2) is 7.65. The molecule has 4 nitrogen and oxygen atoms in total. The Morgan fingerprint density at radius 2 is 1.57 bits per heavy atom. The molecule has 0 bridgehead atoms. The van der Waals surface area contributed by atoms with E-state index in [1.54, 1.807) is 18.2 Å². The molecule has 21 heavy (non-hydrogen) atoms. The van der Waals surface area contributed by atoms with Crippen molar-refractivity contribution in [3.8, 4) is 0 Å². The van der Waals surface area contributed by atoms with Crippen LogP contribution >= 0.6 is 0 Å². The minimum Gasteiger partial charge on any atom is -0.452 e. The number of carbonyl (C=O) groups is 2. The zero-order valence-corrected chi connectivity index (χ0v) is 11.4. The van der Waals surface area contributed by atoms with Gasteiger partial charge in [-0.1, -0.05) is 48.5 Å². The lowest BCUT2D eigenvalue weighted by atomic mass is 10.2. The molecule has 0 spiro atoms. The number of ether oxygens (including phenoxy) is 1. The number of anilines is 1. The van der Waals surface area contributed by atoms with E-state index >= 15 is 0 Å². The topological polar surface area (TPSA) is 55.4 Å². The zero-order chi connectivity index (χ0) is 14.9. The van der Waals surface area contributed by atoms with Gasteiger partial charge in [0.2, 0.25) is 0 Å². The largest absolute Gasteiger partial charge is 0.452 e. The Morgan fingerprint density at radius 1 is 0.952 bits per heavy atom. The SMILES string of the molecule is O=C(COC(=O)/C=C/c1ccccc1)Nc1ccccc1. The summed E-state index contributed by atoms with van der Waals surface area (Å²) in [5, 5.41) is 2.63. The molecule has 0 unspecified atom stereocenters. The summed E-state index contributed by atoms with van der Waals surface area (Å²) in [4.78, 5) is 23.1. The van der Waals surface area contributed by atoms with Crippen LogP contribution in [0.25, 0.3) is 6.08 Å². The van der Waals surface area contributed by atoms with Gasteiger partial charge in [-0.25, -0.2) is 4.79 Å². The van der Waals surface area contributed by atoms with Gasteiger partial charge in [-0.05, 0) is 23.8 Å². The van der Waals surface area contributed by atoms with Crippen LogP contribution in [0.4, 0.5) is 5.69 Å². The van der Waals surface area contributed by atoms with Gasteiger partial charge in [0.25, 0.3) is 5.91 Å². The summed E-state index contributed by atoms with van der Waals surface area (Å²) >= 11 is 0. The van der Waals surface area contributed by atoms with Gasteiger partial charge in [0.05, 0.1) is 0 Å². The second-order valence-corrected chi connectivity index (χ2v) is 4.27. The van der Waals surface area contributed by atoms with Crippen LogP contribution in [0.15, 0.2) is 66.7 Å². The number of amides is 1. The van der Waals surface area contributed by atoms with E-state index in [2.05, 4.69) is 5.32 Å². The number of esters is 1. The van der Waals surface area contributed by atoms with Crippen LogP contribution < -0.4 is 5.32 Å². The molecular weight excluding hydrogens is 266 g/mol. The fourth-order valence-corrected chi connectivity index (χ4v) is 1.63. The summed E-state index contributed by atoms with van der Waals surface area (Å²) in [6.07, 6.45) is 2.93. The molecule has 0 radical (unpaired) electrons. The van der Waals surface area contributed by atoms with Crippen LogP contribution in [-0.2, 0) is 14.3 Å². The molecule has 2 aromatic carbocycles. The van der Waals surface area contributed by atoms with Crippen LogP contribution in [0.5, 0.6) is 0 Å². The molecule has 1 N–H and O–H groups in total. The first-order valence-corrected chi connectivity index (χ1v) is 6.49. The quantitative estimate of drug-likeness (QED) is 0.677. The van der Waals surface area contributed by atoms with Gasteiger partial charge in [0, 0.05) is 11.8 Å². The molecule has 2 rings (SSSR count). The lowest BCUT2D eigenvalue weighted by Gasteiger charge is -2.04. The van der Waals surface area contributed by atoms with Crippen LogP contribution in [-0.4, -0.2) is 18.5 Å². The molecule has 0 aromatic heterocycles. The molecule has 1 amide bonds. The smallest absolute Gasteiger partial charge is 0.331 e. The molecule has 0 heterocycles. The molecule has 4 heteroatoms. The highest BCUT2D eigenvalue weighted by molar-refractivity contribution is 5.94. The van der Waals surface area contributed by atoms with Gasteiger partial charge in [-0.2, -0.15) is 0 Å². The van der Waals surface area contributed by atoms with E-state index in [-0.39, 0.29) is 12.5 Å². The van der Waals surface area contributed by atoms with Crippen molar-refractivity contribution in [1.29, 1.82) is 0 Å². The third-order valence-electron chi connectivity index (χ3n) is 2.61. The first kappa shape index (κ1) is 14.5. The molecule has 2 aromatic rings. The first-order chi connectivity index (χ1) is 10.2. The van der Waals surface area contributed by atoms with Crippen molar-refractivity contribution in [2.45, 2.75) is 0 Å². The Bertz CT molecular complexity index is 621. The molecular formula is C17H15NO3. The molecule has 0 saturated heterocycles. The van der Waals surface area contributed by atoms with Gasteiger partial charge in [-0.15, -0.1) is 0 Å². The third-order valence-corrected chi connectivity index (χ3v) is 2.61. The predicted molar refractivity (Wildman–Crippen MR) is 81.5 cm³/mol. The van der Waals surface area contributed by atoms with Crippen LogP contribution in [0.2, 0.25) is 0 Å². The van der Waals surface area contributed by atoms with Gasteiger partial charge in [0.15, 0.2) is 6.61 Å². The highest BCUT2D eigenvalue weighted by Gasteiger charge is 2.05. The van der Waals surface area contributed by atoms with E-state index in [1.165, 1.54) is 6.08 Å². The lowest BCUT2D eigenvalue weighted by Crippen LogP contribution is -2.20. The third kappa shape index (κ3) is 5.32. The Morgan fingerprint density at radius 3 is 2.24 bits per heavy atom. The summed E-state index contributed by atoms with van der Waals surface area (Å²) in [5.74, 6) is -0.926. The van der Waals surface area contributed by atoms with E-state index in [0.717, 1.165) is 5.56 Å². The van der Waals surface area contributed by atoms with Gasteiger partial charge in [-0.3, -0.25) is 4.79 Å². The highest BCUT2D eigenvalue weighted by atomic mass is 16.5. The number of hydrogen-bond acceptors (Lipinski definition) is 3. The number of hydrogen-bond donors (Lipinski definition) is 1. The molecule has 106 valence electrons. The van der Waals surface area contributed by atoms with E-state index in [9.17, 15) is 9.59 Å². The van der Waals surface area contributed by atoms with E-state index < -0.39 is 5.97 Å². The van der Waals surface area contributed by atoms with Crippen molar-refractivity contribution >= 4 is 23.6 Å². The van der Waals surface area contributed by atoms with Gasteiger partial charge >= 0.3 is 5.97 Å². The molecule has 0 aliphatic carbocycles. The summed E-state index contributed by atoms with van der Waals surface area (Å²) in [6, 6.07) is 18.4. The average Bonchev–Trinajstić information content (AvgIpc) is 2.53. The number of rotatable bonds is 5. The number of benzene rings is 2. The number of para-hydroxylation sites is 1. The molecule has 0 aliphatic rings. The predicted octanol–water partition coefficient (Wildman–Crippen LogP) is 2.88. The maximum Gasteiger partial charge on any atom is 0.331 e. The van der Waals surface area contributed by atoms with Crippen molar-refractivity contribution in [2.75, 3.05) is 11.9 Å².